The summed E-state index contributed by atoms with van der Waals surface area (Å²) in [5.74, 6) is 0.614. The lowest BCUT2D eigenvalue weighted by Gasteiger charge is -2.16. The fraction of sp³-hybridized carbons (Fsp3) is 0.556. The summed E-state index contributed by atoms with van der Waals surface area (Å²) >= 11 is 1.97. The van der Waals surface area contributed by atoms with E-state index in [1.807, 2.05) is 22.6 Å². The predicted octanol–water partition coefficient (Wildman–Crippen LogP) is 0.914. The van der Waals surface area contributed by atoms with Crippen LogP contribution in [0.1, 0.15) is 19.8 Å². The normalized spacial score (nSPS) is 12.5. The quantitative estimate of drug-likeness (QED) is 0.704. The monoisotopic (exact) mass is 322 g/mol. The van der Waals surface area contributed by atoms with Crippen LogP contribution in [0.4, 0.5) is 5.82 Å². The summed E-state index contributed by atoms with van der Waals surface area (Å²) in [6, 6.07) is 0.179. The maximum absolute atomic E-state index is 11.3. The summed E-state index contributed by atoms with van der Waals surface area (Å²) in [6.45, 7) is 2.64. The highest BCUT2D eigenvalue weighted by atomic mass is 127. The molecule has 15 heavy (non-hydrogen) atoms. The zero-order valence-electron chi connectivity index (χ0n) is 8.59. The molecule has 0 aromatic carbocycles. The first-order valence-corrected chi connectivity index (χ1v) is 5.96. The molecule has 84 valence electrons. The van der Waals surface area contributed by atoms with Crippen LogP contribution in [-0.2, 0) is 0 Å². The number of aromatic nitrogens is 2. The smallest absolute Gasteiger partial charge is 0.266 e. The second-order valence-corrected chi connectivity index (χ2v) is 4.34. The van der Waals surface area contributed by atoms with E-state index in [-0.39, 0.29) is 11.6 Å². The van der Waals surface area contributed by atoms with Crippen LogP contribution in [-0.4, -0.2) is 22.6 Å². The summed E-state index contributed by atoms with van der Waals surface area (Å²) in [4.78, 5) is 17.9. The van der Waals surface area contributed by atoms with E-state index in [0.29, 0.717) is 15.9 Å². The van der Waals surface area contributed by atoms with E-state index < -0.39 is 0 Å². The van der Waals surface area contributed by atoms with Crippen LogP contribution < -0.4 is 16.6 Å². The highest BCUT2D eigenvalue weighted by Gasteiger charge is 2.10. The van der Waals surface area contributed by atoms with E-state index in [9.17, 15) is 4.79 Å². The predicted molar refractivity (Wildman–Crippen MR) is 68.9 cm³/mol. The molecule has 0 fully saturated rings. The Morgan fingerprint density at radius 2 is 2.47 bits per heavy atom. The number of hydrogen-bond donors (Lipinski definition) is 3. The third-order valence-corrected chi connectivity index (χ3v) is 3.06. The fourth-order valence-electron chi connectivity index (χ4n) is 1.27. The molecule has 6 heteroatoms. The second-order valence-electron chi connectivity index (χ2n) is 3.26. The lowest BCUT2D eigenvalue weighted by molar-refractivity contribution is 0.645. The number of nitrogens with one attached hydrogen (secondary N) is 2. The maximum atomic E-state index is 11.3. The summed E-state index contributed by atoms with van der Waals surface area (Å²) < 4.78 is 0.574. The molecule has 0 bridgehead atoms. The van der Waals surface area contributed by atoms with Gasteiger partial charge >= 0.3 is 0 Å². The molecule has 1 unspecified atom stereocenters. The Bertz CT molecular complexity index is 365. The molecule has 0 aliphatic carbocycles. The van der Waals surface area contributed by atoms with Gasteiger partial charge in [-0.2, -0.15) is 0 Å². The van der Waals surface area contributed by atoms with Gasteiger partial charge in [0.15, 0.2) is 0 Å². The van der Waals surface area contributed by atoms with Crippen LogP contribution in [0.2, 0.25) is 0 Å². The van der Waals surface area contributed by atoms with Gasteiger partial charge in [-0.05, 0) is 29.0 Å². The van der Waals surface area contributed by atoms with E-state index >= 15 is 0 Å². The van der Waals surface area contributed by atoms with Gasteiger partial charge in [0.05, 0.1) is 6.33 Å². The first-order chi connectivity index (χ1) is 7.19. The minimum Gasteiger partial charge on any atom is -0.365 e. The van der Waals surface area contributed by atoms with Crippen LogP contribution in [0.25, 0.3) is 0 Å². The number of H-pyrrole nitrogens is 1. The van der Waals surface area contributed by atoms with Gasteiger partial charge in [-0.15, -0.1) is 0 Å². The van der Waals surface area contributed by atoms with Crippen molar-refractivity contribution < 1.29 is 0 Å². The molecule has 0 saturated heterocycles. The average molecular weight is 322 g/mol. The zero-order valence-corrected chi connectivity index (χ0v) is 10.7. The zero-order chi connectivity index (χ0) is 11.3. The van der Waals surface area contributed by atoms with Crippen molar-refractivity contribution in [1.29, 1.82) is 0 Å². The third kappa shape index (κ3) is 3.45. The van der Waals surface area contributed by atoms with Gasteiger partial charge in [0.2, 0.25) is 0 Å². The fourth-order valence-corrected chi connectivity index (χ4v) is 1.73. The largest absolute Gasteiger partial charge is 0.365 e. The van der Waals surface area contributed by atoms with Gasteiger partial charge in [0.25, 0.3) is 5.56 Å². The number of hydrogen-bond acceptors (Lipinski definition) is 4. The Morgan fingerprint density at radius 3 is 3.07 bits per heavy atom. The molecule has 1 heterocycles. The van der Waals surface area contributed by atoms with Gasteiger partial charge in [-0.25, -0.2) is 4.98 Å². The van der Waals surface area contributed by atoms with Crippen molar-refractivity contribution in [2.24, 2.45) is 5.73 Å². The highest BCUT2D eigenvalue weighted by Crippen LogP contribution is 2.11. The molecular formula is C9H15IN4O. The van der Waals surface area contributed by atoms with Crippen LogP contribution in [0.3, 0.4) is 0 Å². The van der Waals surface area contributed by atoms with Crippen LogP contribution in [0, 0.1) is 3.57 Å². The standard InChI is InChI=1S/C9H15IN4O/c1-2-3-6(4-11)14-8-7(10)9(15)13-5-12-8/h5-6H,2-4,11H2,1H3,(H2,12,13,14,15). The second kappa shape index (κ2) is 6.06. The van der Waals surface area contributed by atoms with E-state index in [4.69, 9.17) is 5.73 Å². The van der Waals surface area contributed by atoms with Crippen molar-refractivity contribution in [3.05, 3.63) is 20.3 Å². The van der Waals surface area contributed by atoms with Crippen LogP contribution >= 0.6 is 22.6 Å². The van der Waals surface area contributed by atoms with Gasteiger partial charge in [-0.1, -0.05) is 13.3 Å². The first-order valence-electron chi connectivity index (χ1n) is 4.88. The minimum atomic E-state index is -0.125. The molecule has 0 amide bonds. The van der Waals surface area contributed by atoms with Crippen molar-refractivity contribution >= 4 is 28.4 Å². The van der Waals surface area contributed by atoms with Gasteiger partial charge in [0, 0.05) is 12.6 Å². The maximum Gasteiger partial charge on any atom is 0.266 e. The highest BCUT2D eigenvalue weighted by molar-refractivity contribution is 14.1. The number of rotatable bonds is 5. The Kier molecular flexibility index (Phi) is 5.03. The van der Waals surface area contributed by atoms with Gasteiger partial charge in [0.1, 0.15) is 9.39 Å². The Morgan fingerprint density at radius 1 is 1.73 bits per heavy atom. The number of aromatic amines is 1. The molecule has 1 aromatic heterocycles. The van der Waals surface area contributed by atoms with Crippen molar-refractivity contribution in [3.8, 4) is 0 Å². The Balaban J connectivity index is 2.79. The lowest BCUT2D eigenvalue weighted by atomic mass is 10.2. The van der Waals surface area contributed by atoms with Gasteiger partial charge in [-0.3, -0.25) is 4.79 Å². The van der Waals surface area contributed by atoms with Crippen molar-refractivity contribution in [3.63, 3.8) is 0 Å². The minimum absolute atomic E-state index is 0.125. The molecule has 0 spiro atoms. The molecular weight excluding hydrogens is 307 g/mol. The molecule has 1 aromatic rings. The summed E-state index contributed by atoms with van der Waals surface area (Å²) in [5.41, 5.74) is 5.49. The summed E-state index contributed by atoms with van der Waals surface area (Å²) in [6.07, 6.45) is 3.42. The summed E-state index contributed by atoms with van der Waals surface area (Å²) in [5, 5.41) is 3.18. The number of anilines is 1. The molecule has 0 aliphatic rings. The van der Waals surface area contributed by atoms with Crippen molar-refractivity contribution in [1.82, 2.24) is 9.97 Å². The summed E-state index contributed by atoms with van der Waals surface area (Å²) in [7, 11) is 0. The third-order valence-electron chi connectivity index (χ3n) is 2.06. The van der Waals surface area contributed by atoms with Crippen LogP contribution in [0.5, 0.6) is 0 Å². The number of halogens is 1. The van der Waals surface area contributed by atoms with Crippen molar-refractivity contribution in [2.45, 2.75) is 25.8 Å². The van der Waals surface area contributed by atoms with E-state index in [0.717, 1.165) is 12.8 Å². The Labute approximate surface area is 102 Å². The molecule has 0 aliphatic heterocycles. The molecule has 0 saturated carbocycles. The number of nitrogens with zero attached hydrogens (tertiary/aromatic N) is 1. The topological polar surface area (TPSA) is 83.8 Å². The van der Waals surface area contributed by atoms with E-state index in [2.05, 4.69) is 22.2 Å². The Hall–Kier alpha value is -0.630. The molecule has 5 nitrogen and oxygen atoms in total. The molecule has 4 N–H and O–H groups in total. The lowest BCUT2D eigenvalue weighted by Crippen LogP contribution is -2.30. The molecule has 1 atom stereocenters. The van der Waals surface area contributed by atoms with E-state index in [1.54, 1.807) is 0 Å². The SMILES string of the molecule is CCCC(CN)Nc1nc[nH]c(=O)c1I. The van der Waals surface area contributed by atoms with Gasteiger partial charge < -0.3 is 16.0 Å². The molecule has 1 rings (SSSR count). The molecule has 0 radical (unpaired) electrons. The first kappa shape index (κ1) is 12.4. The number of nitrogens with two attached hydrogens (primary N) is 1. The van der Waals surface area contributed by atoms with Crippen LogP contribution in [0.15, 0.2) is 11.1 Å². The van der Waals surface area contributed by atoms with E-state index in [1.165, 1.54) is 6.33 Å². The van der Waals surface area contributed by atoms with Crippen molar-refractivity contribution in [2.75, 3.05) is 11.9 Å². The average Bonchev–Trinajstić information content (AvgIpc) is 2.24.